The van der Waals surface area contributed by atoms with Crippen LogP contribution in [0.5, 0.6) is 0 Å². The minimum Gasteiger partial charge on any atom is -0.439 e. The highest BCUT2D eigenvalue weighted by Gasteiger charge is 2.34. The normalized spacial score (nSPS) is 13.1. The summed E-state index contributed by atoms with van der Waals surface area (Å²) < 4.78 is 101. The molecular weight excluding hydrogens is 741 g/mol. The van der Waals surface area contributed by atoms with Crippen LogP contribution in [0.1, 0.15) is 57.7 Å². The van der Waals surface area contributed by atoms with Gasteiger partial charge in [0.1, 0.15) is 28.6 Å². The molecule has 0 saturated heterocycles. The number of nitrogens with two attached hydrogens (primary N) is 1. The molecule has 0 aliphatic rings. The SMILES string of the molecule is CC(C)(C)NC(=O)O[C@@H](Cc1cc(F)cc(F)c1)c1nc(C#CC(C)(C)S(C)(=O)=O)c2ccccc2c1-c1ccc(Cl)c2c(N)nn(CC(F)(F)F)c12. The number of hydrogen-bond donors (Lipinski definition) is 2. The molecule has 3 N–H and O–H groups in total. The van der Waals surface area contributed by atoms with Gasteiger partial charge in [-0.1, -0.05) is 47.9 Å². The van der Waals surface area contributed by atoms with Crippen molar-refractivity contribution in [3.63, 3.8) is 0 Å². The third kappa shape index (κ3) is 8.82. The van der Waals surface area contributed by atoms with Crippen LogP contribution in [0, 0.1) is 23.5 Å². The van der Waals surface area contributed by atoms with Gasteiger partial charge >= 0.3 is 12.3 Å². The molecule has 2 aromatic heterocycles. The number of pyridine rings is 1. The highest BCUT2D eigenvalue weighted by atomic mass is 35.5. The number of amides is 1. The van der Waals surface area contributed by atoms with Gasteiger partial charge in [-0.25, -0.2) is 27.0 Å². The van der Waals surface area contributed by atoms with Crippen molar-refractivity contribution in [1.82, 2.24) is 20.1 Å². The van der Waals surface area contributed by atoms with E-state index < -0.39 is 56.7 Å². The lowest BCUT2D eigenvalue weighted by Gasteiger charge is -2.26. The number of nitrogen functional groups attached to an aromatic ring is 1. The third-order valence-corrected chi connectivity index (χ3v) is 10.5. The van der Waals surface area contributed by atoms with E-state index in [2.05, 4.69) is 22.3 Å². The summed E-state index contributed by atoms with van der Waals surface area (Å²) >= 11 is 6.49. The van der Waals surface area contributed by atoms with E-state index in [-0.39, 0.29) is 56.2 Å². The van der Waals surface area contributed by atoms with Crippen molar-refractivity contribution in [3.8, 4) is 23.0 Å². The summed E-state index contributed by atoms with van der Waals surface area (Å²) in [5.41, 5.74) is 5.45. The van der Waals surface area contributed by atoms with Gasteiger partial charge in [0.25, 0.3) is 0 Å². The van der Waals surface area contributed by atoms with E-state index in [0.717, 1.165) is 18.4 Å². The van der Waals surface area contributed by atoms with E-state index in [0.29, 0.717) is 21.5 Å². The number of anilines is 1. The quantitative estimate of drug-likeness (QED) is 0.126. The number of alkyl carbamates (subject to hydrolysis) is 1. The molecule has 0 fully saturated rings. The first-order valence-electron chi connectivity index (χ1n) is 16.0. The Morgan fingerprint density at radius 3 is 2.23 bits per heavy atom. The maximum absolute atomic E-state index is 14.5. The Balaban J connectivity index is 1.94. The molecule has 9 nitrogen and oxygen atoms in total. The second kappa shape index (κ2) is 14.1. The van der Waals surface area contributed by atoms with Crippen LogP contribution in [-0.2, 0) is 27.5 Å². The number of hydrogen-bond acceptors (Lipinski definition) is 7. The minimum atomic E-state index is -4.74. The molecule has 0 spiro atoms. The number of ether oxygens (including phenoxy) is 1. The van der Waals surface area contributed by atoms with E-state index in [9.17, 15) is 35.2 Å². The molecule has 5 aromatic rings. The molecule has 3 aromatic carbocycles. The molecule has 16 heteroatoms. The first kappa shape index (κ1) is 39.3. The zero-order valence-corrected chi connectivity index (χ0v) is 31.0. The van der Waals surface area contributed by atoms with Crippen molar-refractivity contribution >= 4 is 55.0 Å². The molecule has 1 atom stereocenters. The highest BCUT2D eigenvalue weighted by molar-refractivity contribution is 7.92. The third-order valence-electron chi connectivity index (χ3n) is 8.19. The lowest BCUT2D eigenvalue weighted by atomic mass is 9.90. The van der Waals surface area contributed by atoms with Crippen molar-refractivity contribution in [3.05, 3.63) is 88.2 Å². The van der Waals surface area contributed by atoms with Gasteiger partial charge in [0.2, 0.25) is 0 Å². The molecule has 0 radical (unpaired) electrons. The number of aromatic nitrogens is 3. The molecule has 53 heavy (non-hydrogen) atoms. The molecule has 0 unspecified atom stereocenters. The number of carbonyl (C=O) groups is 1. The number of carbonyl (C=O) groups excluding carboxylic acids is 1. The Bertz CT molecular complexity index is 2410. The maximum atomic E-state index is 14.5. The molecule has 0 aliphatic heterocycles. The zero-order chi connectivity index (χ0) is 39.3. The molecule has 5 rings (SSSR count). The Kier molecular flexibility index (Phi) is 10.5. The second-order valence-electron chi connectivity index (χ2n) is 14.0. The Hall–Kier alpha value is -4.94. The first-order valence-corrected chi connectivity index (χ1v) is 18.3. The van der Waals surface area contributed by atoms with Crippen molar-refractivity contribution in [2.24, 2.45) is 0 Å². The number of rotatable bonds is 7. The standard InChI is InChI=1S/C37H35ClF5N5O4S/c1-35(2,3)46-34(49)52-28(17-20-15-21(39)18-22(40)16-20)31-29(25-11-12-26(38)30-32(25)48(47-33(30)44)19-37(41,42)43)24-10-8-7-9-23(24)27(45-31)13-14-36(4,5)53(6,50)51/h7-12,15-16,18,28H,17,19H2,1-6H3,(H2,44,47)(H,46,49)/t28-/m0/s1. The summed E-state index contributed by atoms with van der Waals surface area (Å²) in [6.07, 6.45) is -6.49. The van der Waals surface area contributed by atoms with Crippen LogP contribution in [0.2, 0.25) is 5.02 Å². The number of halogens is 6. The van der Waals surface area contributed by atoms with Crippen LogP contribution in [0.3, 0.4) is 0 Å². The predicted molar refractivity (Wildman–Crippen MR) is 194 cm³/mol. The monoisotopic (exact) mass is 775 g/mol. The van der Waals surface area contributed by atoms with Crippen LogP contribution in [-0.4, -0.2) is 52.0 Å². The Morgan fingerprint density at radius 1 is 1.02 bits per heavy atom. The van der Waals surface area contributed by atoms with Crippen LogP contribution >= 0.6 is 11.6 Å². The molecule has 280 valence electrons. The summed E-state index contributed by atoms with van der Waals surface area (Å²) in [6.45, 7) is 6.35. The van der Waals surface area contributed by atoms with Crippen molar-refractivity contribution in [2.75, 3.05) is 12.0 Å². The van der Waals surface area contributed by atoms with E-state index >= 15 is 0 Å². The van der Waals surface area contributed by atoms with Crippen LogP contribution in [0.15, 0.2) is 54.6 Å². The van der Waals surface area contributed by atoms with Crippen molar-refractivity contribution in [2.45, 2.75) is 70.2 Å². The van der Waals surface area contributed by atoms with E-state index in [1.54, 1.807) is 45.0 Å². The number of nitrogens with zero attached hydrogens (tertiary/aromatic N) is 3. The largest absolute Gasteiger partial charge is 0.439 e. The summed E-state index contributed by atoms with van der Waals surface area (Å²) in [4.78, 5) is 18.2. The Labute approximate surface area is 307 Å². The number of nitrogens with one attached hydrogen (secondary N) is 1. The second-order valence-corrected chi connectivity index (χ2v) is 17.0. The molecule has 1 amide bonds. The smallest absolute Gasteiger partial charge is 0.408 e. The average Bonchev–Trinajstić information content (AvgIpc) is 3.32. The van der Waals surface area contributed by atoms with Crippen LogP contribution < -0.4 is 11.1 Å². The lowest BCUT2D eigenvalue weighted by Crippen LogP contribution is -2.41. The number of fused-ring (bicyclic) bond motifs is 2. The number of sulfone groups is 1. The van der Waals surface area contributed by atoms with Crippen molar-refractivity contribution in [1.29, 1.82) is 0 Å². The average molecular weight is 776 g/mol. The van der Waals surface area contributed by atoms with Gasteiger partial charge in [-0.3, -0.25) is 4.68 Å². The molecular formula is C37H35ClF5N5O4S. The van der Waals surface area contributed by atoms with Gasteiger partial charge in [0.15, 0.2) is 21.8 Å². The van der Waals surface area contributed by atoms with Gasteiger partial charge in [0, 0.05) is 40.8 Å². The summed E-state index contributed by atoms with van der Waals surface area (Å²) in [5, 5.41) is 7.35. The highest BCUT2D eigenvalue weighted by Crippen LogP contribution is 2.44. The maximum Gasteiger partial charge on any atom is 0.408 e. The fourth-order valence-corrected chi connectivity index (χ4v) is 6.08. The lowest BCUT2D eigenvalue weighted by molar-refractivity contribution is -0.141. The summed E-state index contributed by atoms with van der Waals surface area (Å²) in [5.74, 6) is 3.49. The van der Waals surface area contributed by atoms with E-state index in [1.165, 1.54) is 26.0 Å². The Morgan fingerprint density at radius 2 is 1.64 bits per heavy atom. The van der Waals surface area contributed by atoms with Gasteiger partial charge in [-0.05, 0) is 69.7 Å². The zero-order valence-electron chi connectivity index (χ0n) is 29.4. The van der Waals surface area contributed by atoms with Crippen molar-refractivity contribution < 1.29 is 39.9 Å². The first-order chi connectivity index (χ1) is 24.4. The van der Waals surface area contributed by atoms with Crippen LogP contribution in [0.25, 0.3) is 32.8 Å². The van der Waals surface area contributed by atoms with Gasteiger partial charge in [-0.15, -0.1) is 0 Å². The van der Waals surface area contributed by atoms with Gasteiger partial charge in [-0.2, -0.15) is 18.3 Å². The molecule has 0 bridgehead atoms. The molecule has 2 heterocycles. The van der Waals surface area contributed by atoms with Gasteiger partial charge < -0.3 is 15.8 Å². The summed E-state index contributed by atoms with van der Waals surface area (Å²) in [6, 6.07) is 12.2. The fourth-order valence-electron chi connectivity index (χ4n) is 5.59. The number of alkyl halides is 3. The fraction of sp³-hybridized carbons (Fsp3) is 0.324. The van der Waals surface area contributed by atoms with Gasteiger partial charge in [0.05, 0.1) is 21.6 Å². The van der Waals surface area contributed by atoms with E-state index in [1.807, 2.05) is 0 Å². The predicted octanol–water partition coefficient (Wildman–Crippen LogP) is 8.31. The van der Waals surface area contributed by atoms with Crippen LogP contribution in [0.4, 0.5) is 32.6 Å². The molecule has 0 aliphatic carbocycles. The molecule has 0 saturated carbocycles. The number of benzene rings is 3. The topological polar surface area (TPSA) is 129 Å². The minimum absolute atomic E-state index is 0.00609. The summed E-state index contributed by atoms with van der Waals surface area (Å²) in [7, 11) is -3.71. The van der Waals surface area contributed by atoms with E-state index in [4.69, 9.17) is 27.1 Å².